The highest BCUT2D eigenvalue weighted by Gasteiger charge is 2.49. The Bertz CT molecular complexity index is 1230. The predicted molar refractivity (Wildman–Crippen MR) is 112 cm³/mol. The van der Waals surface area contributed by atoms with E-state index in [2.05, 4.69) is 25.6 Å². The summed E-state index contributed by atoms with van der Waals surface area (Å²) in [4.78, 5) is 8.74. The molecule has 31 heavy (non-hydrogen) atoms. The third-order valence-corrected chi connectivity index (χ3v) is 5.83. The van der Waals surface area contributed by atoms with E-state index in [0.717, 1.165) is 24.0 Å². The summed E-state index contributed by atoms with van der Waals surface area (Å²) in [5.41, 5.74) is -1.61. The third kappa shape index (κ3) is 4.39. The maximum absolute atomic E-state index is 13.0. The van der Waals surface area contributed by atoms with E-state index in [1.54, 1.807) is 26.8 Å². The largest absolute Gasteiger partial charge is 0.534 e. The summed E-state index contributed by atoms with van der Waals surface area (Å²) in [6, 6.07) is 5.02. The van der Waals surface area contributed by atoms with Gasteiger partial charge in [-0.15, -0.1) is 0 Å². The van der Waals surface area contributed by atoms with Gasteiger partial charge in [0, 0.05) is 18.4 Å². The summed E-state index contributed by atoms with van der Waals surface area (Å²) < 4.78 is 68.9. The van der Waals surface area contributed by atoms with Gasteiger partial charge in [0.1, 0.15) is 0 Å². The van der Waals surface area contributed by atoms with E-state index in [0.29, 0.717) is 22.5 Å². The summed E-state index contributed by atoms with van der Waals surface area (Å²) >= 11 is 0. The molecule has 0 N–H and O–H groups in total. The molecule has 0 spiro atoms. The molecule has 0 bridgehead atoms. The van der Waals surface area contributed by atoms with Crippen molar-refractivity contribution in [3.8, 4) is 17.1 Å². The van der Waals surface area contributed by atoms with Crippen molar-refractivity contribution in [3.05, 3.63) is 41.2 Å². The van der Waals surface area contributed by atoms with Crippen LogP contribution in [-0.4, -0.2) is 28.5 Å². The summed E-state index contributed by atoms with van der Waals surface area (Å²) in [5.74, 6) is -0.782. The smallest absolute Gasteiger partial charge is 0.354 e. The molecule has 0 amide bonds. The van der Waals surface area contributed by atoms with E-state index < -0.39 is 21.5 Å². The highest BCUT2D eigenvalue weighted by Crippen LogP contribution is 2.36. The molecule has 0 aliphatic heterocycles. The van der Waals surface area contributed by atoms with Crippen molar-refractivity contribution in [1.29, 1.82) is 0 Å². The molecular weight excluding hydrogens is 431 g/mol. The minimum Gasteiger partial charge on any atom is -0.354 e. The Balaban J connectivity index is 2.23. The van der Waals surface area contributed by atoms with Gasteiger partial charge in [0.15, 0.2) is 0 Å². The molecule has 0 saturated carbocycles. The molecule has 0 aliphatic rings. The molecule has 168 valence electrons. The van der Waals surface area contributed by atoms with Crippen LogP contribution in [0.2, 0.25) is 0 Å². The first-order valence-corrected chi connectivity index (χ1v) is 11.3. The van der Waals surface area contributed by atoms with Gasteiger partial charge < -0.3 is 8.75 Å². The number of pyridine rings is 2. The number of aromatic nitrogens is 3. The SMILES string of the molecule is CCCn1cc(C)c2nc(-c3ccc(C(C)C)nc3OS(=O)(=O)C(F)(F)F)c(C)cc21. The zero-order valence-corrected chi connectivity index (χ0v) is 18.7. The fourth-order valence-corrected chi connectivity index (χ4v) is 3.77. The molecule has 3 aromatic heterocycles. The van der Waals surface area contributed by atoms with Crippen molar-refractivity contribution in [2.75, 3.05) is 0 Å². The van der Waals surface area contributed by atoms with Gasteiger partial charge in [-0.2, -0.15) is 21.6 Å². The fourth-order valence-electron chi connectivity index (χ4n) is 3.34. The van der Waals surface area contributed by atoms with Crippen molar-refractivity contribution < 1.29 is 25.8 Å². The molecule has 3 aromatic rings. The monoisotopic (exact) mass is 455 g/mol. The van der Waals surface area contributed by atoms with Crippen molar-refractivity contribution in [3.63, 3.8) is 0 Å². The molecule has 6 nitrogen and oxygen atoms in total. The third-order valence-electron chi connectivity index (χ3n) is 4.89. The highest BCUT2D eigenvalue weighted by molar-refractivity contribution is 7.88. The second-order valence-electron chi connectivity index (χ2n) is 7.75. The standard InChI is InChI=1S/C21H24F3N3O3S/c1-6-9-27-11-14(5)19-17(27)10-13(4)18(26-19)15-7-8-16(12(2)3)25-20(15)30-31(28,29)21(22,23)24/h7-8,10-12H,6,9H2,1-5H3. The van der Waals surface area contributed by atoms with E-state index in [1.165, 1.54) is 6.07 Å². The van der Waals surface area contributed by atoms with E-state index in [1.807, 2.05) is 19.2 Å². The summed E-state index contributed by atoms with van der Waals surface area (Å²) in [7, 11) is -5.88. The Hall–Kier alpha value is -2.62. The van der Waals surface area contributed by atoms with Crippen molar-refractivity contribution >= 4 is 21.2 Å². The Labute approximate surface area is 179 Å². The minimum atomic E-state index is -5.88. The van der Waals surface area contributed by atoms with E-state index in [9.17, 15) is 21.6 Å². The van der Waals surface area contributed by atoms with Gasteiger partial charge in [-0.25, -0.2) is 9.97 Å². The Morgan fingerprint density at radius 2 is 1.81 bits per heavy atom. The van der Waals surface area contributed by atoms with Gasteiger partial charge in [-0.3, -0.25) is 0 Å². The lowest BCUT2D eigenvalue weighted by Gasteiger charge is -2.15. The van der Waals surface area contributed by atoms with E-state index in [4.69, 9.17) is 0 Å². The van der Waals surface area contributed by atoms with Crippen LogP contribution in [0.1, 0.15) is 49.9 Å². The average Bonchev–Trinajstić information content (AvgIpc) is 2.95. The van der Waals surface area contributed by atoms with Crippen LogP contribution < -0.4 is 4.18 Å². The molecule has 3 heterocycles. The molecule has 10 heteroatoms. The maximum atomic E-state index is 13.0. The van der Waals surface area contributed by atoms with Gasteiger partial charge in [0.25, 0.3) is 0 Å². The van der Waals surface area contributed by atoms with Gasteiger partial charge in [0.05, 0.1) is 22.3 Å². The van der Waals surface area contributed by atoms with E-state index >= 15 is 0 Å². The van der Waals surface area contributed by atoms with Crippen LogP contribution >= 0.6 is 0 Å². The molecule has 0 aliphatic carbocycles. The first-order chi connectivity index (χ1) is 14.4. The Morgan fingerprint density at radius 1 is 1.13 bits per heavy atom. The molecule has 0 atom stereocenters. The lowest BCUT2D eigenvalue weighted by molar-refractivity contribution is -0.0501. The molecule has 0 fully saturated rings. The lowest BCUT2D eigenvalue weighted by atomic mass is 10.0. The summed E-state index contributed by atoms with van der Waals surface area (Å²) in [5, 5.41) is 0. The van der Waals surface area contributed by atoms with Gasteiger partial charge in [0.2, 0.25) is 5.88 Å². The predicted octanol–water partition coefficient (Wildman–Crippen LogP) is 5.48. The van der Waals surface area contributed by atoms with Crippen LogP contribution in [0.4, 0.5) is 13.2 Å². The minimum absolute atomic E-state index is 0.0827. The van der Waals surface area contributed by atoms with Crippen molar-refractivity contribution in [1.82, 2.24) is 14.5 Å². The summed E-state index contributed by atoms with van der Waals surface area (Å²) in [6.45, 7) is 10.1. The normalized spacial score (nSPS) is 12.7. The fraction of sp³-hybridized carbons (Fsp3) is 0.429. The zero-order chi connectivity index (χ0) is 23.1. The lowest BCUT2D eigenvalue weighted by Crippen LogP contribution is -2.28. The number of rotatable bonds is 6. The van der Waals surface area contributed by atoms with Gasteiger partial charge in [-0.05, 0) is 55.5 Å². The van der Waals surface area contributed by atoms with Crippen molar-refractivity contribution in [2.45, 2.75) is 59.0 Å². The average molecular weight is 456 g/mol. The number of alkyl halides is 3. The molecule has 3 rings (SSSR count). The number of hydrogen-bond acceptors (Lipinski definition) is 5. The topological polar surface area (TPSA) is 74.1 Å². The second kappa shape index (κ2) is 8.14. The number of nitrogens with zero attached hydrogens (tertiary/aromatic N) is 3. The zero-order valence-electron chi connectivity index (χ0n) is 17.9. The summed E-state index contributed by atoms with van der Waals surface area (Å²) in [6.07, 6.45) is 2.90. The number of halogens is 3. The molecule has 0 aromatic carbocycles. The van der Waals surface area contributed by atoms with Crippen LogP contribution in [-0.2, 0) is 16.7 Å². The van der Waals surface area contributed by atoms with Gasteiger partial charge in [-0.1, -0.05) is 20.8 Å². The molecule has 0 saturated heterocycles. The van der Waals surface area contributed by atoms with Crippen LogP contribution in [0.25, 0.3) is 22.3 Å². The first kappa shape index (κ1) is 23.1. The van der Waals surface area contributed by atoms with Crippen LogP contribution in [0.5, 0.6) is 5.88 Å². The van der Waals surface area contributed by atoms with Crippen LogP contribution in [0, 0.1) is 13.8 Å². The number of fused-ring (bicyclic) bond motifs is 1. The number of hydrogen-bond donors (Lipinski definition) is 0. The highest BCUT2D eigenvalue weighted by atomic mass is 32.2. The molecular formula is C21H24F3N3O3S. The van der Waals surface area contributed by atoms with Crippen molar-refractivity contribution in [2.24, 2.45) is 0 Å². The van der Waals surface area contributed by atoms with E-state index in [-0.39, 0.29) is 11.5 Å². The molecule has 0 radical (unpaired) electrons. The number of aryl methyl sites for hydroxylation is 3. The van der Waals surface area contributed by atoms with Crippen LogP contribution in [0.3, 0.4) is 0 Å². The second-order valence-corrected chi connectivity index (χ2v) is 9.29. The van der Waals surface area contributed by atoms with Crippen LogP contribution in [0.15, 0.2) is 24.4 Å². The maximum Gasteiger partial charge on any atom is 0.534 e. The quantitative estimate of drug-likeness (QED) is 0.364. The first-order valence-electron chi connectivity index (χ1n) is 9.84. The Morgan fingerprint density at radius 3 is 2.39 bits per heavy atom. The van der Waals surface area contributed by atoms with Gasteiger partial charge >= 0.3 is 15.6 Å². The Kier molecular flexibility index (Phi) is 6.05. The molecule has 0 unspecified atom stereocenters.